The van der Waals surface area contributed by atoms with Crippen molar-refractivity contribution in [3.8, 4) is 0 Å². The van der Waals surface area contributed by atoms with Gasteiger partial charge in [-0.15, -0.1) is 0 Å². The molecule has 5 nitrogen and oxygen atoms in total. The van der Waals surface area contributed by atoms with Crippen molar-refractivity contribution in [2.24, 2.45) is 0 Å². The van der Waals surface area contributed by atoms with E-state index in [2.05, 4.69) is 36.5 Å². The second-order valence-corrected chi connectivity index (χ2v) is 3.10. The molecule has 62 valence electrons. The molecule has 2 N–H and O–H groups in total. The molecular weight excluding hydrogens is 224 g/mol. The van der Waals surface area contributed by atoms with Crippen molar-refractivity contribution < 1.29 is 4.79 Å². The van der Waals surface area contributed by atoms with Crippen LogP contribution in [0.2, 0.25) is 0 Å². The molecule has 0 aromatic carbocycles. The zero-order valence-corrected chi connectivity index (χ0v) is 7.55. The highest BCUT2D eigenvalue weighted by molar-refractivity contribution is 9.10. The van der Waals surface area contributed by atoms with Crippen LogP contribution in [0.1, 0.15) is 0 Å². The summed E-state index contributed by atoms with van der Waals surface area (Å²) >= 11 is 3.18. The zero-order chi connectivity index (χ0) is 8.55. The highest BCUT2D eigenvalue weighted by Gasteiger charge is 2.15. The maximum absolute atomic E-state index is 10.9. The normalized spacial score (nSPS) is 14.6. The molecule has 1 aromatic heterocycles. The maximum atomic E-state index is 10.9. The van der Waals surface area contributed by atoms with E-state index in [0.717, 1.165) is 0 Å². The smallest absolute Gasteiger partial charge is 0.244 e. The third-order valence-corrected chi connectivity index (χ3v) is 1.80. The van der Waals surface area contributed by atoms with Gasteiger partial charge in [0.25, 0.3) is 0 Å². The molecule has 1 aliphatic rings. The molecule has 0 fully saturated rings. The van der Waals surface area contributed by atoms with Crippen LogP contribution in [0.5, 0.6) is 0 Å². The summed E-state index contributed by atoms with van der Waals surface area (Å²) in [5, 5.41) is 5.43. The maximum Gasteiger partial charge on any atom is 0.244 e. The Morgan fingerprint density at radius 2 is 2.33 bits per heavy atom. The summed E-state index contributed by atoms with van der Waals surface area (Å²) in [5.41, 5.74) is 0. The molecule has 2 heterocycles. The van der Waals surface area contributed by atoms with Gasteiger partial charge in [-0.05, 0) is 15.9 Å². The Hall–Kier alpha value is -1.17. The third-order valence-electron chi connectivity index (χ3n) is 1.42. The number of aromatic nitrogens is 2. The molecule has 0 unspecified atom stereocenters. The Morgan fingerprint density at radius 1 is 1.50 bits per heavy atom. The number of carbonyl (C=O) groups is 1. The molecular formula is C6H5BrN4O. The van der Waals surface area contributed by atoms with E-state index in [1.54, 1.807) is 0 Å². The van der Waals surface area contributed by atoms with E-state index in [1.165, 1.54) is 6.20 Å². The summed E-state index contributed by atoms with van der Waals surface area (Å²) < 4.78 is 0.643. The van der Waals surface area contributed by atoms with Gasteiger partial charge >= 0.3 is 0 Å². The van der Waals surface area contributed by atoms with Gasteiger partial charge in [-0.3, -0.25) is 4.79 Å². The van der Waals surface area contributed by atoms with Gasteiger partial charge in [-0.2, -0.15) is 0 Å². The number of nitrogens with one attached hydrogen (secondary N) is 2. The van der Waals surface area contributed by atoms with E-state index < -0.39 is 0 Å². The van der Waals surface area contributed by atoms with Gasteiger partial charge in [0.05, 0.1) is 12.7 Å². The fourth-order valence-electron chi connectivity index (χ4n) is 0.923. The quantitative estimate of drug-likeness (QED) is 0.683. The van der Waals surface area contributed by atoms with Crippen molar-refractivity contribution >= 4 is 33.5 Å². The fourth-order valence-corrected chi connectivity index (χ4v) is 1.20. The van der Waals surface area contributed by atoms with Crippen molar-refractivity contribution in [2.75, 3.05) is 17.2 Å². The van der Waals surface area contributed by atoms with E-state index in [0.29, 0.717) is 16.2 Å². The molecule has 0 saturated heterocycles. The second kappa shape index (κ2) is 2.71. The Labute approximate surface area is 76.7 Å². The lowest BCUT2D eigenvalue weighted by Crippen LogP contribution is -2.28. The number of rotatable bonds is 0. The van der Waals surface area contributed by atoms with Gasteiger partial charge in [-0.25, -0.2) is 9.97 Å². The van der Waals surface area contributed by atoms with Gasteiger partial charge in [0.1, 0.15) is 4.60 Å². The van der Waals surface area contributed by atoms with E-state index in [4.69, 9.17) is 0 Å². The average Bonchev–Trinajstić information content (AvgIpc) is 2.05. The zero-order valence-electron chi connectivity index (χ0n) is 5.97. The number of carbonyl (C=O) groups excluding carboxylic acids is 1. The Morgan fingerprint density at radius 3 is 3.17 bits per heavy atom. The summed E-state index contributed by atoms with van der Waals surface area (Å²) in [6.07, 6.45) is 1.53. The molecule has 12 heavy (non-hydrogen) atoms. The molecule has 0 spiro atoms. The molecule has 0 radical (unpaired) electrons. The van der Waals surface area contributed by atoms with E-state index >= 15 is 0 Å². The van der Waals surface area contributed by atoms with Crippen LogP contribution in [0, 0.1) is 0 Å². The van der Waals surface area contributed by atoms with Crippen LogP contribution < -0.4 is 10.6 Å². The summed E-state index contributed by atoms with van der Waals surface area (Å²) in [6.45, 7) is 0.248. The van der Waals surface area contributed by atoms with E-state index in [1.807, 2.05) is 0 Å². The molecule has 1 aliphatic heterocycles. The van der Waals surface area contributed by atoms with Crippen LogP contribution in [0.4, 0.5) is 11.6 Å². The largest absolute Gasteiger partial charge is 0.358 e. The van der Waals surface area contributed by atoms with Crippen LogP contribution in [-0.2, 0) is 4.79 Å². The van der Waals surface area contributed by atoms with Crippen molar-refractivity contribution in [3.05, 3.63) is 10.8 Å². The molecule has 0 saturated carbocycles. The first-order valence-corrected chi connectivity index (χ1v) is 4.11. The van der Waals surface area contributed by atoms with Crippen LogP contribution in [0.3, 0.4) is 0 Å². The Bertz CT molecular complexity index is 340. The van der Waals surface area contributed by atoms with Crippen molar-refractivity contribution in [1.29, 1.82) is 0 Å². The van der Waals surface area contributed by atoms with Crippen molar-refractivity contribution in [1.82, 2.24) is 9.97 Å². The van der Waals surface area contributed by atoms with Crippen LogP contribution in [-0.4, -0.2) is 22.4 Å². The fraction of sp³-hybridized carbons (Fsp3) is 0.167. The molecule has 1 aromatic rings. The van der Waals surface area contributed by atoms with Crippen LogP contribution >= 0.6 is 15.9 Å². The van der Waals surface area contributed by atoms with Gasteiger partial charge in [-0.1, -0.05) is 0 Å². The summed E-state index contributed by atoms with van der Waals surface area (Å²) in [5.74, 6) is 0.984. The Balaban J connectivity index is 2.43. The lowest BCUT2D eigenvalue weighted by molar-refractivity contribution is -0.114. The Kier molecular flexibility index (Phi) is 1.69. The van der Waals surface area contributed by atoms with Crippen LogP contribution in [0.25, 0.3) is 0 Å². The number of hydrogen-bond acceptors (Lipinski definition) is 4. The number of nitrogens with zero attached hydrogens (tertiary/aromatic N) is 2. The van der Waals surface area contributed by atoms with Gasteiger partial charge < -0.3 is 10.6 Å². The summed E-state index contributed by atoms with van der Waals surface area (Å²) in [7, 11) is 0. The average molecular weight is 229 g/mol. The number of fused-ring (bicyclic) bond motifs is 1. The number of amides is 1. The first-order chi connectivity index (χ1) is 5.75. The predicted octanol–water partition coefficient (Wildman–Crippen LogP) is 0.603. The minimum atomic E-state index is -0.0980. The number of anilines is 2. The minimum absolute atomic E-state index is 0.0980. The number of halogens is 1. The summed E-state index contributed by atoms with van der Waals surface area (Å²) in [6, 6.07) is 0. The second-order valence-electron chi connectivity index (χ2n) is 2.29. The number of hydrogen-bond donors (Lipinski definition) is 2. The van der Waals surface area contributed by atoms with Gasteiger partial charge in [0.2, 0.25) is 5.91 Å². The molecule has 0 atom stereocenters. The predicted molar refractivity (Wildman–Crippen MR) is 46.9 cm³/mol. The SMILES string of the molecule is O=C1CNc2nc(Br)cnc2N1. The summed E-state index contributed by atoms with van der Waals surface area (Å²) in [4.78, 5) is 18.9. The minimum Gasteiger partial charge on any atom is -0.358 e. The first-order valence-electron chi connectivity index (χ1n) is 3.32. The van der Waals surface area contributed by atoms with Crippen LogP contribution in [0.15, 0.2) is 10.8 Å². The van der Waals surface area contributed by atoms with Crippen molar-refractivity contribution in [2.45, 2.75) is 0 Å². The highest BCUT2D eigenvalue weighted by atomic mass is 79.9. The van der Waals surface area contributed by atoms with Gasteiger partial charge in [0, 0.05) is 0 Å². The first kappa shape index (κ1) is 7.48. The molecule has 0 bridgehead atoms. The standard InChI is InChI=1S/C6H5BrN4O/c7-3-1-8-6-5(10-3)9-2-4(12)11-6/h1H,2H2,(H,9,10)(H,8,11,12). The lowest BCUT2D eigenvalue weighted by atomic mass is 10.4. The third kappa shape index (κ3) is 1.25. The highest BCUT2D eigenvalue weighted by Crippen LogP contribution is 2.20. The topological polar surface area (TPSA) is 66.9 Å². The lowest BCUT2D eigenvalue weighted by Gasteiger charge is -2.15. The van der Waals surface area contributed by atoms with Gasteiger partial charge in [0.15, 0.2) is 11.6 Å². The molecule has 2 rings (SSSR count). The van der Waals surface area contributed by atoms with E-state index in [9.17, 15) is 4.79 Å². The monoisotopic (exact) mass is 228 g/mol. The van der Waals surface area contributed by atoms with Crippen molar-refractivity contribution in [3.63, 3.8) is 0 Å². The molecule has 0 aliphatic carbocycles. The van der Waals surface area contributed by atoms with E-state index in [-0.39, 0.29) is 12.5 Å². The molecule has 1 amide bonds. The molecule has 6 heteroatoms.